The van der Waals surface area contributed by atoms with Crippen molar-refractivity contribution in [2.45, 2.75) is 32.1 Å². The van der Waals surface area contributed by atoms with Crippen LogP contribution in [0.4, 0.5) is 0 Å². The van der Waals surface area contributed by atoms with Gasteiger partial charge in [0.15, 0.2) is 0 Å². The quantitative estimate of drug-likeness (QED) is 0.597. The second-order valence-electron chi connectivity index (χ2n) is 4.91. The van der Waals surface area contributed by atoms with E-state index in [1.54, 1.807) is 12.1 Å². The van der Waals surface area contributed by atoms with Crippen molar-refractivity contribution in [3.8, 4) is 0 Å². The monoisotopic (exact) mass is 280 g/mol. The lowest BCUT2D eigenvalue weighted by atomic mass is 9.88. The van der Waals surface area contributed by atoms with Gasteiger partial charge in [0.25, 0.3) is 0 Å². The fourth-order valence-electron chi connectivity index (χ4n) is 2.46. The first kappa shape index (κ1) is 14.4. The summed E-state index contributed by atoms with van der Waals surface area (Å²) in [6.45, 7) is 3.96. The van der Waals surface area contributed by atoms with Crippen LogP contribution in [0.15, 0.2) is 42.7 Å². The average Bonchev–Trinajstić information content (AvgIpc) is 2.49. The minimum Gasteiger partial charge on any atom is -0.426 e. The van der Waals surface area contributed by atoms with Crippen LogP contribution in [0, 0.1) is 5.92 Å². The van der Waals surface area contributed by atoms with E-state index in [1.165, 1.54) is 26.4 Å². The minimum atomic E-state index is -3.27. The molecule has 1 aliphatic rings. The van der Waals surface area contributed by atoms with E-state index >= 15 is 0 Å². The Hall–Kier alpha value is -1.05. The molecule has 1 aromatic rings. The van der Waals surface area contributed by atoms with Crippen LogP contribution in [0.25, 0.3) is 0 Å². The fourth-order valence-corrected chi connectivity index (χ4v) is 3.85. The highest BCUT2D eigenvalue weighted by Gasteiger charge is 2.30. The predicted molar refractivity (Wildman–Crippen MR) is 77.5 cm³/mol. The van der Waals surface area contributed by atoms with Gasteiger partial charge in [-0.3, -0.25) is 4.52 Å². The van der Waals surface area contributed by atoms with E-state index in [0.29, 0.717) is 17.0 Å². The summed E-state index contributed by atoms with van der Waals surface area (Å²) in [7, 11) is -1.86. The summed E-state index contributed by atoms with van der Waals surface area (Å²) >= 11 is 0. The highest BCUT2D eigenvalue weighted by atomic mass is 31.2. The maximum Gasteiger partial charge on any atom is 0.410 e. The molecule has 0 aromatic heterocycles. The summed E-state index contributed by atoms with van der Waals surface area (Å²) in [5, 5.41) is 0.578. The van der Waals surface area contributed by atoms with Crippen molar-refractivity contribution in [2.75, 3.05) is 7.11 Å². The summed E-state index contributed by atoms with van der Waals surface area (Å²) < 4.78 is 23.5. The molecule has 0 radical (unpaired) electrons. The van der Waals surface area contributed by atoms with Crippen LogP contribution in [0.3, 0.4) is 0 Å². The van der Waals surface area contributed by atoms with Crippen molar-refractivity contribution in [2.24, 2.45) is 5.92 Å². The van der Waals surface area contributed by atoms with Crippen molar-refractivity contribution >= 4 is 12.9 Å². The zero-order valence-corrected chi connectivity index (χ0v) is 12.3. The molecule has 0 heterocycles. The van der Waals surface area contributed by atoms with Crippen molar-refractivity contribution in [3.05, 3.63) is 42.7 Å². The molecule has 0 N–H and O–H groups in total. The first-order chi connectivity index (χ1) is 9.15. The van der Waals surface area contributed by atoms with Gasteiger partial charge in [0.1, 0.15) is 5.76 Å². The van der Waals surface area contributed by atoms with E-state index in [-0.39, 0.29) is 0 Å². The van der Waals surface area contributed by atoms with Crippen molar-refractivity contribution in [3.63, 3.8) is 0 Å². The van der Waals surface area contributed by atoms with Crippen LogP contribution < -0.4 is 5.30 Å². The molecule has 1 aromatic carbocycles. The molecule has 0 amide bonds. The molecule has 104 valence electrons. The van der Waals surface area contributed by atoms with Crippen molar-refractivity contribution < 1.29 is 13.6 Å². The number of rotatable bonds is 5. The molecule has 0 saturated heterocycles. The lowest BCUT2D eigenvalue weighted by Gasteiger charge is -2.26. The van der Waals surface area contributed by atoms with Crippen LogP contribution >= 0.6 is 7.60 Å². The van der Waals surface area contributed by atoms with E-state index < -0.39 is 7.60 Å². The number of hydrogen-bond donors (Lipinski definition) is 0. The predicted octanol–water partition coefficient (Wildman–Crippen LogP) is 4.26. The van der Waals surface area contributed by atoms with Crippen LogP contribution in [0.1, 0.15) is 32.1 Å². The van der Waals surface area contributed by atoms with E-state index in [4.69, 9.17) is 9.05 Å². The second-order valence-corrected chi connectivity index (χ2v) is 6.97. The summed E-state index contributed by atoms with van der Waals surface area (Å²) in [5.41, 5.74) is 0. The Morgan fingerprint density at radius 1 is 1.21 bits per heavy atom. The van der Waals surface area contributed by atoms with Gasteiger partial charge in [-0.25, -0.2) is 4.57 Å². The Morgan fingerprint density at radius 3 is 2.42 bits per heavy atom. The van der Waals surface area contributed by atoms with Gasteiger partial charge < -0.3 is 4.52 Å². The van der Waals surface area contributed by atoms with Gasteiger partial charge in [0.05, 0.1) is 5.30 Å². The first-order valence-electron chi connectivity index (χ1n) is 6.75. The van der Waals surface area contributed by atoms with Gasteiger partial charge in [-0.05, 0) is 25.0 Å². The SMILES string of the molecule is C=C(OP(=O)(OC)c1ccccc1)C1CCCCC1. The Kier molecular flexibility index (Phi) is 4.84. The van der Waals surface area contributed by atoms with Gasteiger partial charge in [-0.1, -0.05) is 44.0 Å². The molecule has 0 aliphatic heterocycles. The molecular formula is C15H21O3P. The Labute approximate surface area is 115 Å². The highest BCUT2D eigenvalue weighted by molar-refractivity contribution is 7.62. The third kappa shape index (κ3) is 3.49. The van der Waals surface area contributed by atoms with Gasteiger partial charge in [-0.15, -0.1) is 0 Å². The number of hydrogen-bond acceptors (Lipinski definition) is 3. The van der Waals surface area contributed by atoms with E-state index in [0.717, 1.165) is 12.8 Å². The number of benzene rings is 1. The maximum atomic E-state index is 12.7. The molecule has 1 aliphatic carbocycles. The summed E-state index contributed by atoms with van der Waals surface area (Å²) in [5.74, 6) is 0.912. The Balaban J connectivity index is 2.10. The molecule has 2 rings (SSSR count). The summed E-state index contributed by atoms with van der Waals surface area (Å²) in [6.07, 6.45) is 5.78. The van der Waals surface area contributed by atoms with Crippen molar-refractivity contribution in [1.82, 2.24) is 0 Å². The van der Waals surface area contributed by atoms with Crippen LogP contribution in [-0.4, -0.2) is 7.11 Å². The molecule has 1 saturated carbocycles. The highest BCUT2D eigenvalue weighted by Crippen LogP contribution is 2.50. The van der Waals surface area contributed by atoms with Crippen LogP contribution in [-0.2, 0) is 13.6 Å². The molecule has 4 heteroatoms. The normalized spacial score (nSPS) is 19.6. The first-order valence-corrected chi connectivity index (χ1v) is 8.30. The third-order valence-corrected chi connectivity index (χ3v) is 5.50. The molecule has 1 atom stereocenters. The van der Waals surface area contributed by atoms with Gasteiger partial charge in [0.2, 0.25) is 0 Å². The second kappa shape index (κ2) is 6.40. The van der Waals surface area contributed by atoms with E-state index in [1.807, 2.05) is 18.2 Å². The van der Waals surface area contributed by atoms with Crippen LogP contribution in [0.2, 0.25) is 0 Å². The van der Waals surface area contributed by atoms with Gasteiger partial charge >= 0.3 is 7.60 Å². The molecule has 1 unspecified atom stereocenters. The summed E-state index contributed by atoms with van der Waals surface area (Å²) in [6, 6.07) is 9.05. The van der Waals surface area contributed by atoms with E-state index in [9.17, 15) is 4.57 Å². The van der Waals surface area contributed by atoms with Crippen molar-refractivity contribution in [1.29, 1.82) is 0 Å². The smallest absolute Gasteiger partial charge is 0.410 e. The molecule has 0 bridgehead atoms. The lowest BCUT2D eigenvalue weighted by Crippen LogP contribution is -2.14. The van der Waals surface area contributed by atoms with Crippen LogP contribution in [0.5, 0.6) is 0 Å². The number of allylic oxidation sites excluding steroid dienone is 1. The zero-order chi connectivity index (χ0) is 13.7. The van der Waals surface area contributed by atoms with Gasteiger partial charge in [-0.2, -0.15) is 0 Å². The standard InChI is InChI=1S/C15H21O3P/c1-13(14-9-5-3-6-10-14)18-19(16,17-2)15-11-7-4-8-12-15/h4,7-8,11-12,14H,1,3,5-6,9-10H2,2H3. The molecular weight excluding hydrogens is 259 g/mol. The third-order valence-electron chi connectivity index (χ3n) is 3.61. The molecule has 0 spiro atoms. The largest absolute Gasteiger partial charge is 0.426 e. The maximum absolute atomic E-state index is 12.7. The Bertz CT molecular complexity index is 464. The van der Waals surface area contributed by atoms with Gasteiger partial charge in [0, 0.05) is 13.0 Å². The molecule has 1 fully saturated rings. The fraction of sp³-hybridized carbons (Fsp3) is 0.467. The lowest BCUT2D eigenvalue weighted by molar-refractivity contribution is 0.246. The molecule has 3 nitrogen and oxygen atoms in total. The zero-order valence-electron chi connectivity index (χ0n) is 11.4. The topological polar surface area (TPSA) is 35.5 Å². The van der Waals surface area contributed by atoms with E-state index in [2.05, 4.69) is 6.58 Å². The molecule has 19 heavy (non-hydrogen) atoms. The minimum absolute atomic E-state index is 0.306. The summed E-state index contributed by atoms with van der Waals surface area (Å²) in [4.78, 5) is 0. The average molecular weight is 280 g/mol. The Morgan fingerprint density at radius 2 is 1.84 bits per heavy atom.